The second kappa shape index (κ2) is 11.2. The minimum absolute atomic E-state index is 0.597. The van der Waals surface area contributed by atoms with Crippen LogP contribution in [0.2, 0.25) is 0 Å². The Morgan fingerprint density at radius 1 is 0.340 bits per heavy atom. The molecule has 0 atom stereocenters. The van der Waals surface area contributed by atoms with E-state index in [1.807, 2.05) is 42.5 Å². The van der Waals surface area contributed by atoms with Gasteiger partial charge in [0.1, 0.15) is 11.2 Å². The smallest absolute Gasteiger partial charge is 0.164 e. The zero-order valence-corrected chi connectivity index (χ0v) is 25.3. The van der Waals surface area contributed by atoms with E-state index in [9.17, 15) is 0 Å². The number of hydrogen-bond donors (Lipinski definition) is 0. The Kier molecular flexibility index (Phi) is 6.43. The van der Waals surface area contributed by atoms with Crippen molar-refractivity contribution in [3.8, 4) is 56.4 Å². The Morgan fingerprint density at radius 3 is 1.45 bits per heavy atom. The largest absolute Gasteiger partial charge is 0.456 e. The fourth-order valence-corrected chi connectivity index (χ4v) is 6.35. The molecule has 0 amide bonds. The van der Waals surface area contributed by atoms with Gasteiger partial charge in [-0.05, 0) is 57.3 Å². The molecule has 2 aromatic heterocycles. The van der Waals surface area contributed by atoms with Crippen molar-refractivity contribution in [3.63, 3.8) is 0 Å². The molecular weight excluding hydrogens is 574 g/mol. The molecule has 0 aliphatic heterocycles. The lowest BCUT2D eigenvalue weighted by molar-refractivity contribution is 0.669. The molecule has 0 unspecified atom stereocenters. The normalized spacial score (nSPS) is 11.4. The van der Waals surface area contributed by atoms with Crippen molar-refractivity contribution in [1.29, 1.82) is 0 Å². The summed E-state index contributed by atoms with van der Waals surface area (Å²) in [7, 11) is 0. The van der Waals surface area contributed by atoms with E-state index in [4.69, 9.17) is 19.4 Å². The molecule has 0 aliphatic rings. The van der Waals surface area contributed by atoms with Crippen LogP contribution < -0.4 is 0 Å². The Hall–Kier alpha value is -6.39. The molecular formula is C43H27N3O. The van der Waals surface area contributed by atoms with Gasteiger partial charge in [-0.2, -0.15) is 0 Å². The Morgan fingerprint density at radius 2 is 0.809 bits per heavy atom. The highest BCUT2D eigenvalue weighted by Gasteiger charge is 2.20. The van der Waals surface area contributed by atoms with E-state index in [0.717, 1.165) is 66.1 Å². The van der Waals surface area contributed by atoms with Crippen molar-refractivity contribution in [1.82, 2.24) is 15.0 Å². The third kappa shape index (κ3) is 4.93. The van der Waals surface area contributed by atoms with Crippen LogP contribution in [0, 0.1) is 0 Å². The number of furan rings is 1. The molecule has 0 N–H and O–H groups in total. The summed E-state index contributed by atoms with van der Waals surface area (Å²) in [5, 5.41) is 4.31. The number of fused-ring (bicyclic) bond motifs is 4. The molecule has 4 nitrogen and oxygen atoms in total. The molecule has 0 saturated carbocycles. The van der Waals surface area contributed by atoms with Crippen LogP contribution in [0.3, 0.4) is 0 Å². The van der Waals surface area contributed by atoms with Gasteiger partial charge in [0.25, 0.3) is 0 Å². The summed E-state index contributed by atoms with van der Waals surface area (Å²) in [4.78, 5) is 15.3. The van der Waals surface area contributed by atoms with Crippen LogP contribution in [0.15, 0.2) is 168 Å². The number of benzene rings is 7. The van der Waals surface area contributed by atoms with Gasteiger partial charge in [0.15, 0.2) is 17.5 Å². The van der Waals surface area contributed by atoms with Crippen molar-refractivity contribution in [3.05, 3.63) is 164 Å². The maximum Gasteiger partial charge on any atom is 0.164 e. The maximum absolute atomic E-state index is 6.60. The van der Waals surface area contributed by atoms with Gasteiger partial charge in [0.2, 0.25) is 0 Å². The number of nitrogens with zero attached hydrogens (tertiary/aromatic N) is 3. The third-order valence-electron chi connectivity index (χ3n) is 8.70. The highest BCUT2D eigenvalue weighted by molar-refractivity contribution is 6.16. The zero-order chi connectivity index (χ0) is 31.2. The van der Waals surface area contributed by atoms with Crippen LogP contribution in [0.4, 0.5) is 0 Å². The van der Waals surface area contributed by atoms with Crippen LogP contribution in [0.25, 0.3) is 89.1 Å². The van der Waals surface area contributed by atoms with Gasteiger partial charge in [0, 0.05) is 27.5 Å². The average molecular weight is 602 g/mol. The van der Waals surface area contributed by atoms with E-state index in [1.54, 1.807) is 0 Å². The SMILES string of the molecule is c1ccc(-c2ccc(-c3nc(-c4ccccc4)nc(-c4cc(-c5ccccc5)cc5oc6cc7ccccc7cc6c45)n3)cc2)cc1. The van der Waals surface area contributed by atoms with Crippen molar-refractivity contribution < 1.29 is 4.42 Å². The minimum atomic E-state index is 0.597. The molecule has 47 heavy (non-hydrogen) atoms. The molecule has 220 valence electrons. The molecule has 0 spiro atoms. The summed E-state index contributed by atoms with van der Waals surface area (Å²) >= 11 is 0. The van der Waals surface area contributed by atoms with Gasteiger partial charge < -0.3 is 4.42 Å². The second-order valence-electron chi connectivity index (χ2n) is 11.7. The summed E-state index contributed by atoms with van der Waals surface area (Å²) in [6.45, 7) is 0. The zero-order valence-electron chi connectivity index (χ0n) is 25.3. The quantitative estimate of drug-likeness (QED) is 0.197. The molecule has 9 rings (SSSR count). The molecule has 0 bridgehead atoms. The fraction of sp³-hybridized carbons (Fsp3) is 0. The number of aromatic nitrogens is 3. The summed E-state index contributed by atoms with van der Waals surface area (Å²) in [6.07, 6.45) is 0. The van der Waals surface area contributed by atoms with Crippen LogP contribution in [-0.4, -0.2) is 15.0 Å². The second-order valence-corrected chi connectivity index (χ2v) is 11.7. The summed E-state index contributed by atoms with van der Waals surface area (Å²) in [6, 6.07) is 56.3. The molecule has 7 aromatic carbocycles. The molecule has 0 fully saturated rings. The van der Waals surface area contributed by atoms with Crippen LogP contribution in [0.1, 0.15) is 0 Å². The number of hydrogen-bond acceptors (Lipinski definition) is 4. The Labute approximate surface area is 271 Å². The standard InChI is InChI=1S/C43H27N3O/c1-4-12-28(13-5-1)30-20-22-32(23-21-30)42-44-41(31-16-8-3-9-17-31)45-43(46-42)37-25-35(29-14-6-2-7-15-29)27-39-40(37)36-24-33-18-10-11-19-34(33)26-38(36)47-39/h1-27H. The molecule has 0 radical (unpaired) electrons. The minimum Gasteiger partial charge on any atom is -0.456 e. The van der Waals surface area contributed by atoms with E-state index < -0.39 is 0 Å². The van der Waals surface area contributed by atoms with Crippen LogP contribution in [-0.2, 0) is 0 Å². The first-order valence-electron chi connectivity index (χ1n) is 15.7. The van der Waals surface area contributed by atoms with Crippen molar-refractivity contribution in [2.45, 2.75) is 0 Å². The van der Waals surface area contributed by atoms with E-state index in [2.05, 4.69) is 121 Å². The molecule has 2 heterocycles. The van der Waals surface area contributed by atoms with Crippen LogP contribution >= 0.6 is 0 Å². The first-order chi connectivity index (χ1) is 23.3. The van der Waals surface area contributed by atoms with Gasteiger partial charge in [-0.1, -0.05) is 140 Å². The van der Waals surface area contributed by atoms with E-state index >= 15 is 0 Å². The van der Waals surface area contributed by atoms with Gasteiger partial charge in [-0.15, -0.1) is 0 Å². The molecule has 0 saturated heterocycles. The van der Waals surface area contributed by atoms with Crippen LogP contribution in [0.5, 0.6) is 0 Å². The van der Waals surface area contributed by atoms with E-state index in [0.29, 0.717) is 17.5 Å². The van der Waals surface area contributed by atoms with Gasteiger partial charge >= 0.3 is 0 Å². The predicted octanol–water partition coefficient (Wildman–Crippen LogP) is 11.3. The lowest BCUT2D eigenvalue weighted by Crippen LogP contribution is -2.00. The fourth-order valence-electron chi connectivity index (χ4n) is 6.35. The third-order valence-corrected chi connectivity index (χ3v) is 8.70. The average Bonchev–Trinajstić information content (AvgIpc) is 3.51. The Bertz CT molecular complexity index is 2540. The molecule has 9 aromatic rings. The van der Waals surface area contributed by atoms with Gasteiger partial charge in [0.05, 0.1) is 0 Å². The topological polar surface area (TPSA) is 51.8 Å². The number of rotatable bonds is 5. The monoisotopic (exact) mass is 601 g/mol. The van der Waals surface area contributed by atoms with Crippen molar-refractivity contribution in [2.24, 2.45) is 0 Å². The predicted molar refractivity (Wildman–Crippen MR) is 192 cm³/mol. The molecule has 4 heteroatoms. The lowest BCUT2D eigenvalue weighted by atomic mass is 9.97. The van der Waals surface area contributed by atoms with Crippen molar-refractivity contribution in [2.75, 3.05) is 0 Å². The molecule has 0 aliphatic carbocycles. The van der Waals surface area contributed by atoms with E-state index in [1.165, 1.54) is 5.56 Å². The lowest BCUT2D eigenvalue weighted by Gasteiger charge is -2.11. The highest BCUT2D eigenvalue weighted by Crippen LogP contribution is 2.41. The first kappa shape index (κ1) is 27.0. The highest BCUT2D eigenvalue weighted by atomic mass is 16.3. The van der Waals surface area contributed by atoms with Gasteiger partial charge in [-0.3, -0.25) is 0 Å². The summed E-state index contributed by atoms with van der Waals surface area (Å²) in [5.41, 5.74) is 8.81. The van der Waals surface area contributed by atoms with E-state index in [-0.39, 0.29) is 0 Å². The summed E-state index contributed by atoms with van der Waals surface area (Å²) < 4.78 is 6.60. The first-order valence-corrected chi connectivity index (χ1v) is 15.7. The van der Waals surface area contributed by atoms with Gasteiger partial charge in [-0.25, -0.2) is 15.0 Å². The van der Waals surface area contributed by atoms with Crippen molar-refractivity contribution >= 4 is 32.7 Å². The Balaban J connectivity index is 1.31. The maximum atomic E-state index is 6.60. The summed E-state index contributed by atoms with van der Waals surface area (Å²) in [5.74, 6) is 1.83.